The van der Waals surface area contributed by atoms with Gasteiger partial charge in [0, 0.05) is 11.1 Å². The van der Waals surface area contributed by atoms with Gasteiger partial charge in [0.05, 0.1) is 6.04 Å². The molecule has 0 aliphatic rings. The van der Waals surface area contributed by atoms with Gasteiger partial charge in [-0.3, -0.25) is 0 Å². The molecule has 0 saturated heterocycles. The lowest BCUT2D eigenvalue weighted by Gasteiger charge is -2.18. The van der Waals surface area contributed by atoms with Gasteiger partial charge in [-0.15, -0.1) is 11.3 Å². The van der Waals surface area contributed by atoms with Crippen molar-refractivity contribution in [1.29, 1.82) is 0 Å². The Morgan fingerprint density at radius 3 is 2.55 bits per heavy atom. The first-order chi connectivity index (χ1) is 9.47. The number of nitrogens with one attached hydrogen (secondary N) is 1. The van der Waals surface area contributed by atoms with E-state index < -0.39 is 11.2 Å². The number of nitrogens with zero attached hydrogens (tertiary/aromatic N) is 1. The summed E-state index contributed by atoms with van der Waals surface area (Å²) in [5.74, 6) is 0. The van der Waals surface area contributed by atoms with Crippen LogP contribution in [0.1, 0.15) is 34.0 Å². The van der Waals surface area contributed by atoms with Crippen LogP contribution >= 0.6 is 11.3 Å². The second-order valence-electron chi connectivity index (χ2n) is 4.34. The molecular formula is C14H15F3N2S. The van der Waals surface area contributed by atoms with Crippen LogP contribution in [0.2, 0.25) is 0 Å². The zero-order valence-electron chi connectivity index (χ0n) is 11.2. The Labute approximate surface area is 119 Å². The summed E-state index contributed by atoms with van der Waals surface area (Å²) in [5.41, 5.74) is 2.11. The minimum atomic E-state index is -4.38. The normalized spacial score (nSPS) is 13.4. The van der Waals surface area contributed by atoms with Crippen LogP contribution < -0.4 is 5.32 Å². The zero-order valence-corrected chi connectivity index (χ0v) is 12.0. The molecule has 1 N–H and O–H groups in total. The summed E-state index contributed by atoms with van der Waals surface area (Å²) in [4.78, 5) is 4.06. The molecule has 1 aromatic heterocycles. The summed E-state index contributed by atoms with van der Waals surface area (Å²) in [6.07, 6.45) is -2.24. The first-order valence-corrected chi connectivity index (χ1v) is 7.07. The Morgan fingerprint density at radius 2 is 2.00 bits per heavy atom. The van der Waals surface area contributed by atoms with Gasteiger partial charge >= 0.3 is 6.18 Å². The molecule has 0 spiro atoms. The highest BCUT2D eigenvalue weighted by molar-refractivity contribution is 7.11. The van der Waals surface area contributed by atoms with Gasteiger partial charge in [0.2, 0.25) is 0 Å². The third kappa shape index (κ3) is 3.02. The van der Waals surface area contributed by atoms with Gasteiger partial charge in [-0.05, 0) is 24.6 Å². The third-order valence-electron chi connectivity index (χ3n) is 3.09. The van der Waals surface area contributed by atoms with E-state index in [1.807, 2.05) is 31.2 Å². The number of alkyl halides is 3. The molecule has 0 bridgehead atoms. The van der Waals surface area contributed by atoms with E-state index >= 15 is 0 Å². The van der Waals surface area contributed by atoms with Crippen molar-refractivity contribution >= 4 is 11.3 Å². The van der Waals surface area contributed by atoms with Crippen molar-refractivity contribution in [3.63, 3.8) is 0 Å². The molecule has 0 saturated carbocycles. The quantitative estimate of drug-likeness (QED) is 0.922. The number of benzene rings is 1. The van der Waals surface area contributed by atoms with E-state index in [2.05, 4.69) is 10.3 Å². The van der Waals surface area contributed by atoms with Gasteiger partial charge in [-0.25, -0.2) is 4.98 Å². The standard InChI is InChI=1S/C14H15F3N2S/c1-3-9-6-4-5-7-10(9)12(18-2)11-8-19-13(20-11)14(15,16)17/h4-8,12,18H,3H2,1-2H3. The molecule has 1 aromatic carbocycles. The molecule has 0 aliphatic carbocycles. The lowest BCUT2D eigenvalue weighted by Crippen LogP contribution is -2.18. The smallest absolute Gasteiger partial charge is 0.309 e. The zero-order chi connectivity index (χ0) is 14.8. The van der Waals surface area contributed by atoms with Gasteiger partial charge in [0.15, 0.2) is 5.01 Å². The number of rotatable bonds is 4. The first-order valence-electron chi connectivity index (χ1n) is 6.25. The summed E-state index contributed by atoms with van der Waals surface area (Å²) in [6.45, 7) is 2.03. The Bertz CT molecular complexity index is 578. The molecule has 6 heteroatoms. The molecule has 2 rings (SSSR count). The SMILES string of the molecule is CCc1ccccc1C(NC)c1cnc(C(F)(F)F)s1. The number of hydrogen-bond donors (Lipinski definition) is 1. The van der Waals surface area contributed by atoms with Gasteiger partial charge in [-0.2, -0.15) is 13.2 Å². The van der Waals surface area contributed by atoms with Crippen LogP contribution in [0, 0.1) is 0 Å². The maximum absolute atomic E-state index is 12.6. The van der Waals surface area contributed by atoms with Crippen molar-refractivity contribution < 1.29 is 13.2 Å². The monoisotopic (exact) mass is 300 g/mol. The van der Waals surface area contributed by atoms with Crippen molar-refractivity contribution in [3.8, 4) is 0 Å². The number of aromatic nitrogens is 1. The van der Waals surface area contributed by atoms with E-state index in [4.69, 9.17) is 0 Å². The fourth-order valence-electron chi connectivity index (χ4n) is 2.14. The lowest BCUT2D eigenvalue weighted by atomic mass is 9.98. The van der Waals surface area contributed by atoms with Crippen molar-refractivity contribution in [1.82, 2.24) is 10.3 Å². The minimum absolute atomic E-state index is 0.264. The van der Waals surface area contributed by atoms with E-state index in [1.165, 1.54) is 6.20 Å². The average Bonchev–Trinajstić information content (AvgIpc) is 2.90. The molecule has 0 fully saturated rings. The summed E-state index contributed by atoms with van der Waals surface area (Å²) in [6, 6.07) is 7.49. The molecule has 0 amide bonds. The molecule has 1 heterocycles. The summed E-state index contributed by atoms with van der Waals surface area (Å²) in [7, 11) is 1.74. The average molecular weight is 300 g/mol. The number of aryl methyl sites for hydroxylation is 1. The molecular weight excluding hydrogens is 285 g/mol. The van der Waals surface area contributed by atoms with E-state index in [0.29, 0.717) is 16.2 Å². The molecule has 1 unspecified atom stereocenters. The third-order valence-corrected chi connectivity index (χ3v) is 4.19. The van der Waals surface area contributed by atoms with Crippen molar-refractivity contribution in [2.75, 3.05) is 7.05 Å². The van der Waals surface area contributed by atoms with Crippen LogP contribution in [0.15, 0.2) is 30.5 Å². The highest BCUT2D eigenvalue weighted by atomic mass is 32.1. The van der Waals surface area contributed by atoms with Crippen LogP contribution in [0.5, 0.6) is 0 Å². The Kier molecular flexibility index (Phi) is 4.45. The molecule has 108 valence electrons. The van der Waals surface area contributed by atoms with Crippen LogP contribution in [0.4, 0.5) is 13.2 Å². The molecule has 2 aromatic rings. The molecule has 2 nitrogen and oxygen atoms in total. The number of halogens is 3. The summed E-state index contributed by atoms with van der Waals surface area (Å²) < 4.78 is 37.9. The fourth-order valence-corrected chi connectivity index (χ4v) is 3.05. The highest BCUT2D eigenvalue weighted by Gasteiger charge is 2.35. The Balaban J connectivity index is 2.40. The van der Waals surface area contributed by atoms with Crippen molar-refractivity contribution in [2.24, 2.45) is 0 Å². The fraction of sp³-hybridized carbons (Fsp3) is 0.357. The van der Waals surface area contributed by atoms with E-state index in [1.54, 1.807) is 7.05 Å². The minimum Gasteiger partial charge on any atom is -0.309 e. The van der Waals surface area contributed by atoms with Gasteiger partial charge < -0.3 is 5.32 Å². The maximum atomic E-state index is 12.6. The molecule has 0 aliphatic heterocycles. The topological polar surface area (TPSA) is 24.9 Å². The van der Waals surface area contributed by atoms with Gasteiger partial charge in [-0.1, -0.05) is 31.2 Å². The van der Waals surface area contributed by atoms with Gasteiger partial charge in [0.25, 0.3) is 0 Å². The summed E-state index contributed by atoms with van der Waals surface area (Å²) in [5, 5.41) is 2.27. The molecule has 1 atom stereocenters. The van der Waals surface area contributed by atoms with Crippen molar-refractivity contribution in [3.05, 3.63) is 51.5 Å². The summed E-state index contributed by atoms with van der Waals surface area (Å²) >= 11 is 0.688. The van der Waals surface area contributed by atoms with Crippen LogP contribution in [-0.2, 0) is 12.6 Å². The van der Waals surface area contributed by atoms with Crippen LogP contribution in [0.3, 0.4) is 0 Å². The van der Waals surface area contributed by atoms with Crippen molar-refractivity contribution in [2.45, 2.75) is 25.6 Å². The van der Waals surface area contributed by atoms with E-state index in [9.17, 15) is 13.2 Å². The van der Waals surface area contributed by atoms with Gasteiger partial charge in [0.1, 0.15) is 0 Å². The molecule has 0 radical (unpaired) electrons. The van der Waals surface area contributed by atoms with Crippen LogP contribution in [-0.4, -0.2) is 12.0 Å². The number of thiazole rings is 1. The molecule has 20 heavy (non-hydrogen) atoms. The number of hydrogen-bond acceptors (Lipinski definition) is 3. The van der Waals surface area contributed by atoms with E-state index in [0.717, 1.165) is 17.5 Å². The predicted molar refractivity (Wildman–Crippen MR) is 73.8 cm³/mol. The Hall–Kier alpha value is -1.40. The highest BCUT2D eigenvalue weighted by Crippen LogP contribution is 2.36. The largest absolute Gasteiger partial charge is 0.443 e. The first kappa shape index (κ1) is 15.0. The Morgan fingerprint density at radius 1 is 1.30 bits per heavy atom. The lowest BCUT2D eigenvalue weighted by molar-refractivity contribution is -0.137. The second-order valence-corrected chi connectivity index (χ2v) is 5.40. The van der Waals surface area contributed by atoms with E-state index in [-0.39, 0.29) is 6.04 Å². The maximum Gasteiger partial charge on any atom is 0.443 e. The predicted octanol–water partition coefficient (Wildman–Crippen LogP) is 4.03. The van der Waals surface area contributed by atoms with Crippen LogP contribution in [0.25, 0.3) is 0 Å². The second kappa shape index (κ2) is 5.93.